The van der Waals surface area contributed by atoms with Crippen molar-refractivity contribution in [2.75, 3.05) is 25.5 Å². The van der Waals surface area contributed by atoms with Gasteiger partial charge in [0.25, 0.3) is 5.91 Å². The Morgan fingerprint density at radius 1 is 1.32 bits per heavy atom. The van der Waals surface area contributed by atoms with Crippen LogP contribution in [0.25, 0.3) is 0 Å². The van der Waals surface area contributed by atoms with E-state index in [1.807, 2.05) is 37.1 Å². The number of amides is 1. The lowest BCUT2D eigenvalue weighted by Gasteiger charge is -2.35. The topological polar surface area (TPSA) is 32.3 Å². The molecule has 0 bridgehead atoms. The van der Waals surface area contributed by atoms with E-state index in [0.717, 1.165) is 42.2 Å². The van der Waals surface area contributed by atoms with E-state index in [-0.39, 0.29) is 5.91 Å². The van der Waals surface area contributed by atoms with Gasteiger partial charge in [-0.15, -0.1) is 0 Å². The van der Waals surface area contributed by atoms with Crippen LogP contribution in [0.1, 0.15) is 36.2 Å². The van der Waals surface area contributed by atoms with Gasteiger partial charge in [0, 0.05) is 31.4 Å². The number of carbonyl (C=O) groups excluding carboxylic acids is 1. The predicted molar refractivity (Wildman–Crippen MR) is 79.6 cm³/mol. The molecular weight excluding hydrogens is 236 g/mol. The van der Waals surface area contributed by atoms with Gasteiger partial charge in [0.05, 0.1) is 0 Å². The number of anilines is 1. The number of nitrogens with one attached hydrogen (secondary N) is 1. The fourth-order valence-corrected chi connectivity index (χ4v) is 2.71. The van der Waals surface area contributed by atoms with Crippen LogP contribution >= 0.6 is 0 Å². The lowest BCUT2D eigenvalue weighted by Crippen LogP contribution is -2.42. The minimum atomic E-state index is 0.171. The molecule has 1 aliphatic rings. The summed E-state index contributed by atoms with van der Waals surface area (Å²) in [5.74, 6) is 1.48. The smallest absolute Gasteiger partial charge is 0.253 e. The molecule has 1 aromatic carbocycles. The summed E-state index contributed by atoms with van der Waals surface area (Å²) in [6.07, 6.45) is 1.11. The molecule has 1 amide bonds. The van der Waals surface area contributed by atoms with Gasteiger partial charge in [0.15, 0.2) is 0 Å². The fourth-order valence-electron chi connectivity index (χ4n) is 2.71. The van der Waals surface area contributed by atoms with Gasteiger partial charge in [-0.2, -0.15) is 0 Å². The molecule has 0 saturated carbocycles. The van der Waals surface area contributed by atoms with E-state index in [9.17, 15) is 4.79 Å². The van der Waals surface area contributed by atoms with Crippen molar-refractivity contribution in [3.63, 3.8) is 0 Å². The molecule has 1 fully saturated rings. The van der Waals surface area contributed by atoms with E-state index >= 15 is 0 Å². The second-order valence-corrected chi connectivity index (χ2v) is 5.77. The molecule has 2 rings (SSSR count). The third-order valence-corrected chi connectivity index (χ3v) is 4.36. The predicted octanol–water partition coefficient (Wildman–Crippen LogP) is 3.15. The number of aryl methyl sites for hydroxylation is 1. The second kappa shape index (κ2) is 5.64. The number of hydrogen-bond donors (Lipinski definition) is 1. The van der Waals surface area contributed by atoms with E-state index in [2.05, 4.69) is 19.2 Å². The summed E-state index contributed by atoms with van der Waals surface area (Å²) in [6, 6.07) is 5.89. The van der Waals surface area contributed by atoms with Crippen molar-refractivity contribution < 1.29 is 4.79 Å². The Labute approximate surface area is 116 Å². The van der Waals surface area contributed by atoms with Crippen LogP contribution in [0.4, 0.5) is 5.69 Å². The first-order chi connectivity index (χ1) is 9.02. The highest BCUT2D eigenvalue weighted by Gasteiger charge is 2.26. The van der Waals surface area contributed by atoms with Crippen LogP contribution in [0, 0.1) is 18.8 Å². The third kappa shape index (κ3) is 2.91. The lowest BCUT2D eigenvalue weighted by atomic mass is 9.88. The Kier molecular flexibility index (Phi) is 4.13. The maximum absolute atomic E-state index is 12.5. The Hall–Kier alpha value is -1.51. The van der Waals surface area contributed by atoms with Crippen LogP contribution in [0.5, 0.6) is 0 Å². The quantitative estimate of drug-likeness (QED) is 0.886. The zero-order chi connectivity index (χ0) is 14.0. The zero-order valence-electron chi connectivity index (χ0n) is 12.4. The van der Waals surface area contributed by atoms with Gasteiger partial charge < -0.3 is 10.2 Å². The molecule has 0 aliphatic carbocycles. The second-order valence-electron chi connectivity index (χ2n) is 5.77. The van der Waals surface area contributed by atoms with Crippen LogP contribution in [0.3, 0.4) is 0 Å². The average Bonchev–Trinajstić information content (AvgIpc) is 2.41. The Morgan fingerprint density at radius 2 is 2.05 bits per heavy atom. The van der Waals surface area contributed by atoms with E-state index in [1.54, 1.807) is 0 Å². The maximum Gasteiger partial charge on any atom is 0.253 e. The molecule has 0 spiro atoms. The van der Waals surface area contributed by atoms with E-state index in [0.29, 0.717) is 5.92 Å². The van der Waals surface area contributed by atoms with Gasteiger partial charge in [-0.3, -0.25) is 4.79 Å². The number of piperidine rings is 1. The normalized spacial score (nSPS) is 23.3. The highest BCUT2D eigenvalue weighted by molar-refractivity contribution is 5.95. The van der Waals surface area contributed by atoms with Crippen molar-refractivity contribution in [2.45, 2.75) is 27.2 Å². The number of carbonyl (C=O) groups is 1. The number of likely N-dealkylation sites (tertiary alicyclic amines) is 1. The molecule has 3 heteroatoms. The molecule has 0 radical (unpaired) electrons. The summed E-state index contributed by atoms with van der Waals surface area (Å²) < 4.78 is 0. The molecule has 1 heterocycles. The Balaban J connectivity index is 2.13. The highest BCUT2D eigenvalue weighted by Crippen LogP contribution is 2.24. The van der Waals surface area contributed by atoms with Crippen LogP contribution < -0.4 is 5.32 Å². The fraction of sp³-hybridized carbons (Fsp3) is 0.562. The molecule has 0 aromatic heterocycles. The number of benzene rings is 1. The van der Waals surface area contributed by atoms with Crippen molar-refractivity contribution in [2.24, 2.45) is 11.8 Å². The summed E-state index contributed by atoms with van der Waals surface area (Å²) in [6.45, 7) is 8.31. The SMILES string of the molecule is CNc1ccc(C(=O)N2CCC(C)C(C)C2)cc1C. The first-order valence-electron chi connectivity index (χ1n) is 7.10. The summed E-state index contributed by atoms with van der Waals surface area (Å²) in [5, 5.41) is 3.13. The van der Waals surface area contributed by atoms with E-state index in [1.165, 1.54) is 0 Å². The largest absolute Gasteiger partial charge is 0.388 e. The van der Waals surface area contributed by atoms with E-state index < -0.39 is 0 Å². The molecule has 104 valence electrons. The molecule has 19 heavy (non-hydrogen) atoms. The van der Waals surface area contributed by atoms with Crippen molar-refractivity contribution in [1.29, 1.82) is 0 Å². The van der Waals surface area contributed by atoms with Crippen LogP contribution in [-0.4, -0.2) is 30.9 Å². The van der Waals surface area contributed by atoms with Crippen LogP contribution in [-0.2, 0) is 0 Å². The van der Waals surface area contributed by atoms with Gasteiger partial charge in [0.2, 0.25) is 0 Å². The van der Waals surface area contributed by atoms with Crippen molar-refractivity contribution in [3.8, 4) is 0 Å². The number of rotatable bonds is 2. The minimum Gasteiger partial charge on any atom is -0.388 e. The summed E-state index contributed by atoms with van der Waals surface area (Å²) in [7, 11) is 1.90. The molecule has 2 unspecified atom stereocenters. The van der Waals surface area contributed by atoms with Gasteiger partial charge >= 0.3 is 0 Å². The monoisotopic (exact) mass is 260 g/mol. The summed E-state index contributed by atoms with van der Waals surface area (Å²) in [4.78, 5) is 14.5. The molecule has 1 N–H and O–H groups in total. The maximum atomic E-state index is 12.5. The molecular formula is C16H24N2O. The summed E-state index contributed by atoms with van der Waals surface area (Å²) in [5.41, 5.74) is 3.00. The molecule has 2 atom stereocenters. The number of hydrogen-bond acceptors (Lipinski definition) is 2. The first-order valence-corrected chi connectivity index (χ1v) is 7.10. The van der Waals surface area contributed by atoms with Gasteiger partial charge in [-0.1, -0.05) is 13.8 Å². The van der Waals surface area contributed by atoms with Crippen molar-refractivity contribution >= 4 is 11.6 Å². The van der Waals surface area contributed by atoms with Crippen LogP contribution in [0.15, 0.2) is 18.2 Å². The molecule has 3 nitrogen and oxygen atoms in total. The van der Waals surface area contributed by atoms with Gasteiger partial charge in [-0.25, -0.2) is 0 Å². The average molecular weight is 260 g/mol. The number of nitrogens with zero attached hydrogens (tertiary/aromatic N) is 1. The van der Waals surface area contributed by atoms with Gasteiger partial charge in [0.1, 0.15) is 0 Å². The molecule has 1 aromatic rings. The lowest BCUT2D eigenvalue weighted by molar-refractivity contribution is 0.0627. The molecule has 1 saturated heterocycles. The minimum absolute atomic E-state index is 0.171. The van der Waals surface area contributed by atoms with E-state index in [4.69, 9.17) is 0 Å². The Bertz CT molecular complexity index is 470. The third-order valence-electron chi connectivity index (χ3n) is 4.36. The van der Waals surface area contributed by atoms with Gasteiger partial charge in [-0.05, 0) is 48.9 Å². The molecule has 1 aliphatic heterocycles. The standard InChI is InChI=1S/C16H24N2O/c1-11-7-8-18(10-13(11)3)16(19)14-5-6-15(17-4)12(2)9-14/h5-6,9,11,13,17H,7-8,10H2,1-4H3. The highest BCUT2D eigenvalue weighted by atomic mass is 16.2. The Morgan fingerprint density at radius 3 is 2.63 bits per heavy atom. The summed E-state index contributed by atoms with van der Waals surface area (Å²) >= 11 is 0. The first kappa shape index (κ1) is 13.9. The zero-order valence-corrected chi connectivity index (χ0v) is 12.4. The van der Waals surface area contributed by atoms with Crippen molar-refractivity contribution in [3.05, 3.63) is 29.3 Å². The van der Waals surface area contributed by atoms with Crippen molar-refractivity contribution in [1.82, 2.24) is 4.90 Å². The van der Waals surface area contributed by atoms with Crippen LogP contribution in [0.2, 0.25) is 0 Å².